The lowest BCUT2D eigenvalue weighted by atomic mass is 10.2. The Kier molecular flexibility index (Phi) is 7.18. The Morgan fingerprint density at radius 1 is 1.32 bits per heavy atom. The van der Waals surface area contributed by atoms with Crippen LogP contribution in [0.5, 0.6) is 5.75 Å². The van der Waals surface area contributed by atoms with Gasteiger partial charge in [0.25, 0.3) is 0 Å². The maximum Gasteiger partial charge on any atom is 0.191 e. The Balaban J connectivity index is 2.40. The van der Waals surface area contributed by atoms with Crippen molar-refractivity contribution in [2.45, 2.75) is 18.7 Å². The molecule has 5 heteroatoms. The minimum atomic E-state index is 0.569. The van der Waals surface area contributed by atoms with Crippen LogP contribution in [0.3, 0.4) is 0 Å². The molecule has 106 valence electrons. The van der Waals surface area contributed by atoms with Crippen molar-refractivity contribution in [1.29, 1.82) is 0 Å². The molecule has 0 amide bonds. The first-order valence-electron chi connectivity index (χ1n) is 6.29. The average molecular weight is 281 g/mol. The van der Waals surface area contributed by atoms with Crippen LogP contribution in [0.15, 0.2) is 29.3 Å². The molecular weight excluding hydrogens is 258 g/mol. The predicted molar refractivity (Wildman–Crippen MR) is 84.2 cm³/mol. The molecule has 1 unspecified atom stereocenters. The SMILES string of the molecule is CN=C(NCc1ccc(OC)cc1)NCC(C)SC. The van der Waals surface area contributed by atoms with Crippen molar-refractivity contribution >= 4 is 17.7 Å². The molecule has 1 atom stereocenters. The van der Waals surface area contributed by atoms with E-state index in [-0.39, 0.29) is 0 Å². The van der Waals surface area contributed by atoms with Gasteiger partial charge in [-0.25, -0.2) is 0 Å². The Morgan fingerprint density at radius 2 is 2.00 bits per heavy atom. The van der Waals surface area contributed by atoms with Gasteiger partial charge in [0, 0.05) is 25.4 Å². The molecule has 2 N–H and O–H groups in total. The number of nitrogens with one attached hydrogen (secondary N) is 2. The molecule has 0 saturated carbocycles. The first kappa shape index (κ1) is 15.7. The number of nitrogens with zero attached hydrogens (tertiary/aromatic N) is 1. The molecule has 1 aromatic rings. The third-order valence-corrected chi connectivity index (χ3v) is 3.77. The Bertz CT molecular complexity index is 392. The molecule has 0 heterocycles. The molecule has 19 heavy (non-hydrogen) atoms. The van der Waals surface area contributed by atoms with Gasteiger partial charge in [0.2, 0.25) is 0 Å². The first-order valence-corrected chi connectivity index (χ1v) is 7.58. The highest BCUT2D eigenvalue weighted by Gasteiger charge is 2.02. The van der Waals surface area contributed by atoms with E-state index in [0.717, 1.165) is 24.8 Å². The van der Waals surface area contributed by atoms with E-state index < -0.39 is 0 Å². The van der Waals surface area contributed by atoms with Crippen molar-refractivity contribution in [3.05, 3.63) is 29.8 Å². The fourth-order valence-corrected chi connectivity index (χ4v) is 1.72. The second kappa shape index (κ2) is 8.69. The lowest BCUT2D eigenvalue weighted by Gasteiger charge is -2.14. The Labute approximate surface area is 120 Å². The van der Waals surface area contributed by atoms with Crippen LogP contribution >= 0.6 is 11.8 Å². The van der Waals surface area contributed by atoms with E-state index in [9.17, 15) is 0 Å². The number of benzene rings is 1. The van der Waals surface area contributed by atoms with Gasteiger partial charge in [-0.3, -0.25) is 4.99 Å². The van der Waals surface area contributed by atoms with Crippen molar-refractivity contribution < 1.29 is 4.74 Å². The number of ether oxygens (including phenoxy) is 1. The number of hydrogen-bond donors (Lipinski definition) is 2. The number of methoxy groups -OCH3 is 1. The molecule has 0 radical (unpaired) electrons. The minimum Gasteiger partial charge on any atom is -0.497 e. The Morgan fingerprint density at radius 3 is 2.53 bits per heavy atom. The summed E-state index contributed by atoms with van der Waals surface area (Å²) >= 11 is 1.84. The normalized spacial score (nSPS) is 12.9. The summed E-state index contributed by atoms with van der Waals surface area (Å²) in [7, 11) is 3.46. The summed E-state index contributed by atoms with van der Waals surface area (Å²) in [6.07, 6.45) is 2.11. The largest absolute Gasteiger partial charge is 0.497 e. The quantitative estimate of drug-likeness (QED) is 0.619. The second-order valence-corrected chi connectivity index (χ2v) is 5.48. The molecule has 0 saturated heterocycles. The van der Waals surface area contributed by atoms with Gasteiger partial charge in [0.05, 0.1) is 7.11 Å². The summed E-state index contributed by atoms with van der Waals surface area (Å²) in [5.41, 5.74) is 1.20. The summed E-state index contributed by atoms with van der Waals surface area (Å²) in [5, 5.41) is 7.17. The molecule has 0 fully saturated rings. The molecule has 1 aromatic carbocycles. The molecular formula is C14H23N3OS. The molecule has 0 aliphatic rings. The molecule has 0 aromatic heterocycles. The highest BCUT2D eigenvalue weighted by molar-refractivity contribution is 7.99. The zero-order chi connectivity index (χ0) is 14.1. The number of thioether (sulfide) groups is 1. The Hall–Kier alpha value is -1.36. The van der Waals surface area contributed by atoms with Gasteiger partial charge in [-0.15, -0.1) is 0 Å². The van der Waals surface area contributed by atoms with Gasteiger partial charge >= 0.3 is 0 Å². The second-order valence-electron chi connectivity index (χ2n) is 4.20. The average Bonchev–Trinajstić information content (AvgIpc) is 2.47. The zero-order valence-corrected chi connectivity index (χ0v) is 12.9. The van der Waals surface area contributed by atoms with Crippen LogP contribution in [0.25, 0.3) is 0 Å². The lowest BCUT2D eigenvalue weighted by Crippen LogP contribution is -2.39. The monoisotopic (exact) mass is 281 g/mol. The summed E-state index contributed by atoms with van der Waals surface area (Å²) in [5.74, 6) is 1.71. The van der Waals surface area contributed by atoms with E-state index in [1.165, 1.54) is 5.56 Å². The minimum absolute atomic E-state index is 0.569. The van der Waals surface area contributed by atoms with Gasteiger partial charge < -0.3 is 15.4 Å². The number of rotatable bonds is 6. The fourth-order valence-electron chi connectivity index (χ4n) is 1.47. The first-order chi connectivity index (χ1) is 9.19. The molecule has 0 aliphatic heterocycles. The highest BCUT2D eigenvalue weighted by Crippen LogP contribution is 2.10. The lowest BCUT2D eigenvalue weighted by molar-refractivity contribution is 0.414. The molecule has 0 bridgehead atoms. The summed E-state index contributed by atoms with van der Waals surface area (Å²) in [4.78, 5) is 4.20. The van der Waals surface area contributed by atoms with Gasteiger partial charge in [-0.05, 0) is 24.0 Å². The van der Waals surface area contributed by atoms with Crippen molar-refractivity contribution in [2.24, 2.45) is 4.99 Å². The van der Waals surface area contributed by atoms with E-state index in [1.807, 2.05) is 36.0 Å². The van der Waals surface area contributed by atoms with E-state index in [0.29, 0.717) is 5.25 Å². The molecule has 0 spiro atoms. The van der Waals surface area contributed by atoms with Gasteiger partial charge in [-0.2, -0.15) is 11.8 Å². The van der Waals surface area contributed by atoms with Crippen molar-refractivity contribution in [3.8, 4) is 5.75 Å². The van der Waals surface area contributed by atoms with Crippen LogP contribution in [0.2, 0.25) is 0 Å². The topological polar surface area (TPSA) is 45.7 Å². The van der Waals surface area contributed by atoms with Gasteiger partial charge in [0.1, 0.15) is 5.75 Å². The fraction of sp³-hybridized carbons (Fsp3) is 0.500. The van der Waals surface area contributed by atoms with E-state index in [1.54, 1.807) is 14.2 Å². The summed E-state index contributed by atoms with van der Waals surface area (Å²) in [6, 6.07) is 8.01. The third-order valence-electron chi connectivity index (χ3n) is 2.80. The molecule has 1 rings (SSSR count). The van der Waals surface area contributed by atoms with Gasteiger partial charge in [-0.1, -0.05) is 19.1 Å². The van der Waals surface area contributed by atoms with Crippen LogP contribution in [0.4, 0.5) is 0 Å². The molecule has 4 nitrogen and oxygen atoms in total. The maximum atomic E-state index is 5.13. The summed E-state index contributed by atoms with van der Waals surface area (Å²) < 4.78 is 5.13. The van der Waals surface area contributed by atoms with E-state index in [4.69, 9.17) is 4.74 Å². The third kappa shape index (κ3) is 5.87. The summed E-state index contributed by atoms with van der Waals surface area (Å²) in [6.45, 7) is 3.84. The van der Waals surface area contributed by atoms with Crippen LogP contribution in [0, 0.1) is 0 Å². The van der Waals surface area contributed by atoms with E-state index in [2.05, 4.69) is 28.8 Å². The van der Waals surface area contributed by atoms with Crippen molar-refractivity contribution in [1.82, 2.24) is 10.6 Å². The standard InChI is InChI=1S/C14H23N3OS/c1-11(19-4)9-16-14(15-2)17-10-12-5-7-13(18-3)8-6-12/h5-8,11H,9-10H2,1-4H3,(H2,15,16,17). The van der Waals surface area contributed by atoms with Crippen molar-refractivity contribution in [3.63, 3.8) is 0 Å². The predicted octanol–water partition coefficient (Wildman–Crippen LogP) is 2.11. The number of guanidine groups is 1. The van der Waals surface area contributed by atoms with Crippen molar-refractivity contribution in [2.75, 3.05) is 27.0 Å². The van der Waals surface area contributed by atoms with E-state index >= 15 is 0 Å². The van der Waals surface area contributed by atoms with Crippen LogP contribution in [0.1, 0.15) is 12.5 Å². The van der Waals surface area contributed by atoms with Crippen LogP contribution in [-0.4, -0.2) is 38.2 Å². The smallest absolute Gasteiger partial charge is 0.191 e. The zero-order valence-electron chi connectivity index (χ0n) is 12.1. The molecule has 0 aliphatic carbocycles. The highest BCUT2D eigenvalue weighted by atomic mass is 32.2. The maximum absolute atomic E-state index is 5.13. The number of hydrogen-bond acceptors (Lipinski definition) is 3. The van der Waals surface area contributed by atoms with Crippen LogP contribution < -0.4 is 15.4 Å². The number of aliphatic imine (C=N–C) groups is 1. The van der Waals surface area contributed by atoms with Crippen LogP contribution in [-0.2, 0) is 6.54 Å². The van der Waals surface area contributed by atoms with Gasteiger partial charge in [0.15, 0.2) is 5.96 Å².